The fourth-order valence-electron chi connectivity index (χ4n) is 3.73. The number of halogens is 1. The van der Waals surface area contributed by atoms with Gasteiger partial charge in [-0.2, -0.15) is 0 Å². The summed E-state index contributed by atoms with van der Waals surface area (Å²) in [6.45, 7) is 6.37. The van der Waals surface area contributed by atoms with Crippen molar-refractivity contribution in [3.63, 3.8) is 0 Å². The number of amides is 2. The standard InChI is InChI=1S/C23H24ClN3O3/c1-15(2)23(29)27-12-10-26(11-13-27)21-17(24)7-5-8-18(21)25-22(28)20-14-16-6-3-4-9-19(16)30-20/h3-9,14-15H,10-13H2,1-2H3,(H,25,28). The van der Waals surface area contributed by atoms with Crippen LogP contribution in [0.3, 0.4) is 0 Å². The molecular weight excluding hydrogens is 402 g/mol. The van der Waals surface area contributed by atoms with Crippen LogP contribution in [-0.4, -0.2) is 42.9 Å². The zero-order chi connectivity index (χ0) is 21.3. The van der Waals surface area contributed by atoms with Crippen molar-refractivity contribution in [2.75, 3.05) is 36.4 Å². The molecule has 0 saturated carbocycles. The maximum atomic E-state index is 12.8. The van der Waals surface area contributed by atoms with Gasteiger partial charge in [0.2, 0.25) is 5.91 Å². The van der Waals surface area contributed by atoms with Gasteiger partial charge in [0, 0.05) is 37.5 Å². The van der Waals surface area contributed by atoms with Crippen LogP contribution in [-0.2, 0) is 4.79 Å². The number of benzene rings is 2. The number of nitrogens with one attached hydrogen (secondary N) is 1. The second-order valence-electron chi connectivity index (χ2n) is 7.71. The minimum Gasteiger partial charge on any atom is -0.451 e. The summed E-state index contributed by atoms with van der Waals surface area (Å²) in [7, 11) is 0. The third-order valence-electron chi connectivity index (χ3n) is 5.29. The average Bonchev–Trinajstić information content (AvgIpc) is 3.18. The number of para-hydroxylation sites is 2. The Bertz CT molecular complexity index is 1050. The Hall–Kier alpha value is -2.99. The maximum absolute atomic E-state index is 12.8. The molecule has 30 heavy (non-hydrogen) atoms. The predicted octanol–water partition coefficient (Wildman–Crippen LogP) is 4.64. The Balaban J connectivity index is 1.53. The lowest BCUT2D eigenvalue weighted by Crippen LogP contribution is -2.50. The highest BCUT2D eigenvalue weighted by atomic mass is 35.5. The molecule has 1 fully saturated rings. The Labute approximate surface area is 180 Å². The number of fused-ring (bicyclic) bond motifs is 1. The quantitative estimate of drug-likeness (QED) is 0.661. The highest BCUT2D eigenvalue weighted by Gasteiger charge is 2.26. The van der Waals surface area contributed by atoms with Crippen LogP contribution in [0.2, 0.25) is 5.02 Å². The van der Waals surface area contributed by atoms with Crippen molar-refractivity contribution < 1.29 is 14.0 Å². The molecule has 0 aliphatic carbocycles. The third kappa shape index (κ3) is 4.00. The molecule has 2 amide bonds. The van der Waals surface area contributed by atoms with Gasteiger partial charge in [-0.1, -0.05) is 49.7 Å². The zero-order valence-electron chi connectivity index (χ0n) is 17.0. The zero-order valence-corrected chi connectivity index (χ0v) is 17.8. The summed E-state index contributed by atoms with van der Waals surface area (Å²) in [6.07, 6.45) is 0. The summed E-state index contributed by atoms with van der Waals surface area (Å²) in [5.74, 6) is 0.0561. The van der Waals surface area contributed by atoms with Crippen molar-refractivity contribution in [3.05, 3.63) is 59.3 Å². The molecule has 0 radical (unpaired) electrons. The normalized spacial score (nSPS) is 14.4. The lowest BCUT2D eigenvalue weighted by Gasteiger charge is -2.38. The Kier molecular flexibility index (Phi) is 5.68. The number of piperazine rings is 1. The highest BCUT2D eigenvalue weighted by molar-refractivity contribution is 6.34. The van der Waals surface area contributed by atoms with Crippen LogP contribution in [0, 0.1) is 5.92 Å². The number of hydrogen-bond acceptors (Lipinski definition) is 4. The molecule has 2 heterocycles. The number of nitrogens with zero attached hydrogens (tertiary/aromatic N) is 2. The summed E-state index contributed by atoms with van der Waals surface area (Å²) in [6, 6.07) is 14.7. The molecule has 3 aromatic rings. The fourth-order valence-corrected chi connectivity index (χ4v) is 4.02. The average molecular weight is 426 g/mol. The van der Waals surface area contributed by atoms with Crippen LogP contribution in [0.25, 0.3) is 11.0 Å². The minimum atomic E-state index is -0.330. The SMILES string of the molecule is CC(C)C(=O)N1CCN(c2c(Cl)cccc2NC(=O)c2cc3ccccc3o2)CC1. The second kappa shape index (κ2) is 8.40. The van der Waals surface area contributed by atoms with Crippen molar-refractivity contribution in [1.82, 2.24) is 4.90 Å². The van der Waals surface area contributed by atoms with Crippen LogP contribution >= 0.6 is 11.6 Å². The number of hydrogen-bond donors (Lipinski definition) is 1. The number of carbonyl (C=O) groups is 2. The van der Waals surface area contributed by atoms with Crippen LogP contribution < -0.4 is 10.2 Å². The van der Waals surface area contributed by atoms with Crippen LogP contribution in [0.4, 0.5) is 11.4 Å². The molecule has 1 aliphatic rings. The van der Waals surface area contributed by atoms with Crippen molar-refractivity contribution in [3.8, 4) is 0 Å². The highest BCUT2D eigenvalue weighted by Crippen LogP contribution is 2.35. The van der Waals surface area contributed by atoms with Gasteiger partial charge in [-0.25, -0.2) is 0 Å². The molecule has 6 nitrogen and oxygen atoms in total. The van der Waals surface area contributed by atoms with E-state index in [1.165, 1.54) is 0 Å². The van der Waals surface area contributed by atoms with Gasteiger partial charge in [-0.15, -0.1) is 0 Å². The van der Waals surface area contributed by atoms with Crippen molar-refractivity contribution in [2.24, 2.45) is 5.92 Å². The first-order chi connectivity index (χ1) is 14.4. The molecule has 1 saturated heterocycles. The van der Waals surface area contributed by atoms with Crippen LogP contribution in [0.15, 0.2) is 52.9 Å². The molecule has 156 valence electrons. The van der Waals surface area contributed by atoms with E-state index in [2.05, 4.69) is 10.2 Å². The molecule has 7 heteroatoms. The number of carbonyl (C=O) groups excluding carboxylic acids is 2. The van der Waals surface area contributed by atoms with Gasteiger partial charge in [0.15, 0.2) is 5.76 Å². The Morgan fingerprint density at radius 1 is 1.03 bits per heavy atom. The minimum absolute atomic E-state index is 0.0180. The van der Waals surface area contributed by atoms with Gasteiger partial charge in [0.05, 0.1) is 16.4 Å². The molecule has 1 aromatic heterocycles. The fraction of sp³-hybridized carbons (Fsp3) is 0.304. The van der Waals surface area contributed by atoms with E-state index in [9.17, 15) is 9.59 Å². The summed E-state index contributed by atoms with van der Waals surface area (Å²) < 4.78 is 5.68. The van der Waals surface area contributed by atoms with Gasteiger partial charge in [0.1, 0.15) is 5.58 Å². The molecule has 0 bridgehead atoms. The van der Waals surface area contributed by atoms with Crippen LogP contribution in [0.5, 0.6) is 0 Å². The lowest BCUT2D eigenvalue weighted by molar-refractivity contribution is -0.134. The van der Waals surface area contributed by atoms with E-state index in [4.69, 9.17) is 16.0 Å². The predicted molar refractivity (Wildman–Crippen MR) is 119 cm³/mol. The Morgan fingerprint density at radius 3 is 2.47 bits per heavy atom. The topological polar surface area (TPSA) is 65.8 Å². The van der Waals surface area contributed by atoms with Gasteiger partial charge in [-0.3, -0.25) is 9.59 Å². The molecule has 2 aromatic carbocycles. The van der Waals surface area contributed by atoms with Gasteiger partial charge in [0.25, 0.3) is 5.91 Å². The van der Waals surface area contributed by atoms with Gasteiger partial charge >= 0.3 is 0 Å². The first-order valence-electron chi connectivity index (χ1n) is 10.1. The van der Waals surface area contributed by atoms with Crippen molar-refractivity contribution >= 4 is 45.8 Å². The van der Waals surface area contributed by atoms with Crippen LogP contribution in [0.1, 0.15) is 24.4 Å². The van der Waals surface area contributed by atoms with Crippen molar-refractivity contribution in [1.29, 1.82) is 0 Å². The summed E-state index contributed by atoms with van der Waals surface area (Å²) in [5, 5.41) is 4.37. The van der Waals surface area contributed by atoms with E-state index >= 15 is 0 Å². The molecule has 0 spiro atoms. The first-order valence-corrected chi connectivity index (χ1v) is 10.4. The van der Waals surface area contributed by atoms with Crippen molar-refractivity contribution in [2.45, 2.75) is 13.8 Å². The molecule has 0 atom stereocenters. The monoisotopic (exact) mass is 425 g/mol. The first kappa shape index (κ1) is 20.3. The van der Waals surface area contributed by atoms with E-state index in [1.807, 2.05) is 49.1 Å². The molecule has 1 N–H and O–H groups in total. The molecular formula is C23H24ClN3O3. The largest absolute Gasteiger partial charge is 0.451 e. The van der Waals surface area contributed by atoms with E-state index < -0.39 is 0 Å². The van der Waals surface area contributed by atoms with E-state index in [0.29, 0.717) is 42.5 Å². The Morgan fingerprint density at radius 2 is 1.77 bits per heavy atom. The smallest absolute Gasteiger partial charge is 0.291 e. The molecule has 4 rings (SSSR count). The number of anilines is 2. The van der Waals surface area contributed by atoms with Gasteiger partial charge < -0.3 is 19.5 Å². The molecule has 1 aliphatic heterocycles. The number of furan rings is 1. The summed E-state index contributed by atoms with van der Waals surface area (Å²) in [4.78, 5) is 29.1. The maximum Gasteiger partial charge on any atom is 0.291 e. The van der Waals surface area contributed by atoms with E-state index in [0.717, 1.165) is 11.1 Å². The summed E-state index contributed by atoms with van der Waals surface area (Å²) in [5.41, 5.74) is 2.05. The van der Waals surface area contributed by atoms with E-state index in [1.54, 1.807) is 18.2 Å². The second-order valence-corrected chi connectivity index (χ2v) is 8.11. The molecule has 0 unspecified atom stereocenters. The van der Waals surface area contributed by atoms with Gasteiger partial charge in [-0.05, 0) is 24.3 Å². The third-order valence-corrected chi connectivity index (χ3v) is 5.59. The number of rotatable bonds is 4. The summed E-state index contributed by atoms with van der Waals surface area (Å²) >= 11 is 6.51. The van der Waals surface area contributed by atoms with E-state index in [-0.39, 0.29) is 23.5 Å². The lowest BCUT2D eigenvalue weighted by atomic mass is 10.1.